The number of nitrogens with two attached hydrogens (primary N) is 1. The molecule has 0 atom stereocenters. The average molecular weight is 398 g/mol. The quantitative estimate of drug-likeness (QED) is 0.366. The van der Waals surface area contributed by atoms with Crippen LogP contribution in [0.4, 0.5) is 21.0 Å². The molecule has 0 saturated carbocycles. The van der Waals surface area contributed by atoms with Gasteiger partial charge < -0.3 is 15.6 Å². The number of hydrogen-bond donors (Lipinski definition) is 3. The van der Waals surface area contributed by atoms with Crippen molar-refractivity contribution in [2.45, 2.75) is 45.6 Å². The molecule has 8 heteroatoms. The number of carboxylic acid groups (broad SMARTS) is 1. The minimum Gasteiger partial charge on any atom is -0.465 e. The summed E-state index contributed by atoms with van der Waals surface area (Å²) in [4.78, 5) is 30.4. The molecule has 2 aromatic rings. The Balaban J connectivity index is 1.95. The lowest BCUT2D eigenvalue weighted by atomic mass is 10.0. The summed E-state index contributed by atoms with van der Waals surface area (Å²) < 4.78 is 5.11. The van der Waals surface area contributed by atoms with Crippen LogP contribution in [-0.2, 0) is 11.2 Å². The fourth-order valence-corrected chi connectivity index (χ4v) is 2.61. The van der Waals surface area contributed by atoms with Crippen molar-refractivity contribution in [3.05, 3.63) is 42.2 Å². The van der Waals surface area contributed by atoms with Gasteiger partial charge in [0.05, 0.1) is 0 Å². The fraction of sp³-hybridized carbons (Fsp3) is 0.333. The third kappa shape index (κ3) is 7.61. The number of anilines is 2. The van der Waals surface area contributed by atoms with E-state index in [1.165, 1.54) is 0 Å². The number of nitrogens with one attached hydrogen (secondary N) is 1. The Morgan fingerprint density at radius 2 is 2.03 bits per heavy atom. The van der Waals surface area contributed by atoms with Crippen LogP contribution in [0, 0.1) is 0 Å². The van der Waals surface area contributed by atoms with Crippen molar-refractivity contribution in [2.75, 3.05) is 11.1 Å². The number of carbonyl (C=O) groups is 2. The maximum absolute atomic E-state index is 11.5. The molecule has 154 valence electrons. The number of nitrogens with zero attached hydrogens (tertiary/aromatic N) is 2. The molecule has 0 unspecified atom stereocenters. The molecule has 0 spiro atoms. The molecule has 0 saturated heterocycles. The summed E-state index contributed by atoms with van der Waals surface area (Å²) in [5.41, 5.74) is 9.00. The van der Waals surface area contributed by atoms with E-state index >= 15 is 0 Å². The highest BCUT2D eigenvalue weighted by Crippen LogP contribution is 2.28. The summed E-state index contributed by atoms with van der Waals surface area (Å²) in [6.07, 6.45) is 3.66. The molecule has 2 rings (SSSR count). The molecule has 2 amide bonds. The smallest absolute Gasteiger partial charge is 0.433 e. The van der Waals surface area contributed by atoms with Crippen LogP contribution in [0.3, 0.4) is 0 Å². The first-order valence-electron chi connectivity index (χ1n) is 9.24. The summed E-state index contributed by atoms with van der Waals surface area (Å²) in [5, 5.41) is 11.1. The van der Waals surface area contributed by atoms with E-state index in [9.17, 15) is 9.59 Å². The lowest BCUT2D eigenvalue weighted by Crippen LogP contribution is -2.21. The normalized spacial score (nSPS) is 11.4. The third-order valence-electron chi connectivity index (χ3n) is 3.79. The van der Waals surface area contributed by atoms with E-state index in [2.05, 4.69) is 15.3 Å². The Hall–Kier alpha value is -3.42. The molecule has 8 nitrogen and oxygen atoms in total. The van der Waals surface area contributed by atoms with E-state index in [1.54, 1.807) is 51.4 Å². The van der Waals surface area contributed by atoms with Gasteiger partial charge in [0.15, 0.2) is 0 Å². The van der Waals surface area contributed by atoms with Crippen LogP contribution in [0.1, 0.15) is 39.3 Å². The first-order valence-corrected chi connectivity index (χ1v) is 9.24. The lowest BCUT2D eigenvalue weighted by Gasteiger charge is -2.17. The zero-order chi connectivity index (χ0) is 21.4. The maximum atomic E-state index is 11.5. The number of pyridine rings is 1. The van der Waals surface area contributed by atoms with Gasteiger partial charge in [0.25, 0.3) is 0 Å². The molecule has 1 heterocycles. The predicted octanol–water partition coefficient (Wildman–Crippen LogP) is 4.75. The van der Waals surface area contributed by atoms with Crippen LogP contribution < -0.4 is 11.1 Å². The highest BCUT2D eigenvalue weighted by molar-refractivity contribution is 5.86. The zero-order valence-electron chi connectivity index (χ0n) is 16.8. The van der Waals surface area contributed by atoms with Crippen LogP contribution in [0.2, 0.25) is 0 Å². The number of rotatable bonds is 6. The molecule has 0 fully saturated rings. The fourth-order valence-electron chi connectivity index (χ4n) is 2.61. The van der Waals surface area contributed by atoms with E-state index in [1.807, 2.05) is 12.1 Å². The second-order valence-corrected chi connectivity index (χ2v) is 7.45. The van der Waals surface area contributed by atoms with Crippen molar-refractivity contribution in [1.82, 2.24) is 4.98 Å². The van der Waals surface area contributed by atoms with Gasteiger partial charge in [-0.3, -0.25) is 10.3 Å². The summed E-state index contributed by atoms with van der Waals surface area (Å²) in [6.45, 7) is 5.38. The van der Waals surface area contributed by atoms with E-state index < -0.39 is 17.8 Å². The van der Waals surface area contributed by atoms with Gasteiger partial charge in [-0.15, -0.1) is 0 Å². The summed E-state index contributed by atoms with van der Waals surface area (Å²) in [7, 11) is 0. The maximum Gasteiger partial charge on any atom is 0.433 e. The third-order valence-corrected chi connectivity index (χ3v) is 3.79. The van der Waals surface area contributed by atoms with Gasteiger partial charge in [-0.2, -0.15) is 4.99 Å². The predicted molar refractivity (Wildman–Crippen MR) is 113 cm³/mol. The van der Waals surface area contributed by atoms with Crippen LogP contribution in [0.15, 0.2) is 41.5 Å². The zero-order valence-corrected chi connectivity index (χ0v) is 16.8. The lowest BCUT2D eigenvalue weighted by molar-refractivity contribution is 0.0605. The standard InChI is InChI=1S/C21H26N4O4/c1-21(2,3)29-20(28)24-10-5-4-6-15-12-14(9-11-23-15)17-8-7-16(13-18(17)22)25-19(26)27/h7-13,25H,4-6,22H2,1-3H3,(H,26,27). The minimum absolute atomic E-state index is 0.414. The van der Waals surface area contributed by atoms with Gasteiger partial charge in [-0.25, -0.2) is 9.59 Å². The van der Waals surface area contributed by atoms with Crippen molar-refractivity contribution >= 4 is 29.8 Å². The van der Waals surface area contributed by atoms with Gasteiger partial charge in [-0.05, 0) is 69.9 Å². The van der Waals surface area contributed by atoms with Crippen molar-refractivity contribution in [3.63, 3.8) is 0 Å². The molecule has 0 aliphatic carbocycles. The van der Waals surface area contributed by atoms with Gasteiger partial charge >= 0.3 is 12.2 Å². The summed E-state index contributed by atoms with van der Waals surface area (Å²) in [6, 6.07) is 8.81. The number of amides is 2. The van der Waals surface area contributed by atoms with Crippen molar-refractivity contribution in [3.8, 4) is 11.1 Å². The van der Waals surface area contributed by atoms with Crippen molar-refractivity contribution in [2.24, 2.45) is 4.99 Å². The van der Waals surface area contributed by atoms with E-state index in [-0.39, 0.29) is 0 Å². The number of unbranched alkanes of at least 4 members (excludes halogenated alkanes) is 1. The second kappa shape index (κ2) is 9.68. The first kappa shape index (κ1) is 21.9. The number of ether oxygens (including phenoxy) is 1. The largest absolute Gasteiger partial charge is 0.465 e. The molecule has 29 heavy (non-hydrogen) atoms. The summed E-state index contributed by atoms with van der Waals surface area (Å²) >= 11 is 0. The number of nitrogen functional groups attached to an aromatic ring is 1. The Labute approximate surface area is 169 Å². The van der Waals surface area contributed by atoms with E-state index in [4.69, 9.17) is 15.6 Å². The highest BCUT2D eigenvalue weighted by Gasteiger charge is 2.14. The number of aromatic nitrogens is 1. The monoisotopic (exact) mass is 398 g/mol. The first-order chi connectivity index (χ1) is 13.6. The van der Waals surface area contributed by atoms with Crippen LogP contribution in [0.25, 0.3) is 11.1 Å². The van der Waals surface area contributed by atoms with E-state index in [0.29, 0.717) is 24.2 Å². The molecule has 0 bridgehead atoms. The topological polar surface area (TPSA) is 127 Å². The van der Waals surface area contributed by atoms with Crippen LogP contribution >= 0.6 is 0 Å². The van der Waals surface area contributed by atoms with Gasteiger partial charge in [0.1, 0.15) is 5.60 Å². The Morgan fingerprint density at radius 1 is 1.28 bits per heavy atom. The second-order valence-electron chi connectivity index (χ2n) is 7.45. The molecule has 4 N–H and O–H groups in total. The Bertz CT molecular complexity index is 904. The molecule has 0 aliphatic rings. The van der Waals surface area contributed by atoms with Crippen LogP contribution in [0.5, 0.6) is 0 Å². The number of carbonyl (C=O) groups excluding carboxylic acids is 1. The molecule has 0 aliphatic heterocycles. The van der Waals surface area contributed by atoms with Gasteiger partial charge in [0, 0.05) is 35.0 Å². The number of aryl methyl sites for hydroxylation is 1. The van der Waals surface area contributed by atoms with Crippen LogP contribution in [-0.4, -0.2) is 34.1 Å². The number of hydrogen-bond acceptors (Lipinski definition) is 5. The Morgan fingerprint density at radius 3 is 2.69 bits per heavy atom. The average Bonchev–Trinajstić information content (AvgIpc) is 2.59. The minimum atomic E-state index is -1.14. The molecule has 0 radical (unpaired) electrons. The van der Waals surface area contributed by atoms with Gasteiger partial charge in [0.2, 0.25) is 0 Å². The SMILES string of the molecule is CC(C)(C)OC(=O)N=CCCCc1cc(-c2ccc(NC(=O)O)cc2N)ccn1. The summed E-state index contributed by atoms with van der Waals surface area (Å²) in [5.74, 6) is 0. The molecule has 1 aromatic carbocycles. The Kier molecular flexibility index (Phi) is 7.30. The molecular formula is C21H26N4O4. The number of benzene rings is 1. The van der Waals surface area contributed by atoms with E-state index in [0.717, 1.165) is 23.2 Å². The van der Waals surface area contributed by atoms with Crippen molar-refractivity contribution in [1.29, 1.82) is 0 Å². The highest BCUT2D eigenvalue weighted by atomic mass is 16.6. The number of aliphatic imine (C=N–C) groups is 1. The van der Waals surface area contributed by atoms with Gasteiger partial charge in [-0.1, -0.05) is 6.07 Å². The van der Waals surface area contributed by atoms with Crippen molar-refractivity contribution < 1.29 is 19.4 Å². The molecular weight excluding hydrogens is 372 g/mol. The molecule has 1 aromatic heterocycles.